The van der Waals surface area contributed by atoms with E-state index in [2.05, 4.69) is 5.32 Å². The van der Waals surface area contributed by atoms with Gasteiger partial charge in [0.15, 0.2) is 5.79 Å². The molecule has 2 aliphatic rings. The summed E-state index contributed by atoms with van der Waals surface area (Å²) in [6, 6.07) is 6.74. The fourth-order valence-corrected chi connectivity index (χ4v) is 4.72. The number of carbonyl (C=O) groups is 1. The quantitative estimate of drug-likeness (QED) is 0.851. The van der Waals surface area contributed by atoms with Crippen molar-refractivity contribution in [1.29, 1.82) is 0 Å². The maximum absolute atomic E-state index is 12.4. The van der Waals surface area contributed by atoms with Gasteiger partial charge in [-0.1, -0.05) is 6.07 Å². The van der Waals surface area contributed by atoms with Gasteiger partial charge in [0.2, 0.25) is 10.0 Å². The molecule has 0 saturated carbocycles. The topological polar surface area (TPSA) is 84.9 Å². The SMILES string of the molecule is CC1(CCNC(=O)c2cccc(N3CCCCS3(=O)=O)c2)OCCO1. The molecule has 3 rings (SSSR count). The van der Waals surface area contributed by atoms with Crippen LogP contribution in [0.2, 0.25) is 0 Å². The smallest absolute Gasteiger partial charge is 0.251 e. The molecule has 1 aromatic rings. The molecule has 1 aromatic carbocycles. The van der Waals surface area contributed by atoms with E-state index in [1.165, 1.54) is 4.31 Å². The third-order valence-corrected chi connectivity index (χ3v) is 6.38. The normalized spacial score (nSPS) is 21.9. The van der Waals surface area contributed by atoms with Gasteiger partial charge in [0, 0.05) is 25.1 Å². The van der Waals surface area contributed by atoms with Crippen molar-refractivity contribution in [2.24, 2.45) is 0 Å². The zero-order valence-corrected chi connectivity index (χ0v) is 15.2. The lowest BCUT2D eigenvalue weighted by atomic mass is 10.1. The van der Waals surface area contributed by atoms with Crippen LogP contribution in [0.25, 0.3) is 0 Å². The zero-order chi connectivity index (χ0) is 17.9. The molecular formula is C17H24N2O5S. The van der Waals surface area contributed by atoms with Gasteiger partial charge in [-0.15, -0.1) is 0 Å². The number of nitrogens with one attached hydrogen (secondary N) is 1. The van der Waals surface area contributed by atoms with Crippen molar-refractivity contribution >= 4 is 21.6 Å². The van der Waals surface area contributed by atoms with Gasteiger partial charge in [-0.25, -0.2) is 8.42 Å². The molecule has 2 fully saturated rings. The van der Waals surface area contributed by atoms with Crippen LogP contribution >= 0.6 is 0 Å². The minimum Gasteiger partial charge on any atom is -0.352 e. The summed E-state index contributed by atoms with van der Waals surface area (Å²) < 4.78 is 36.8. The van der Waals surface area contributed by atoms with Crippen molar-refractivity contribution in [3.63, 3.8) is 0 Å². The third kappa shape index (κ3) is 4.31. The van der Waals surface area contributed by atoms with Crippen molar-refractivity contribution in [3.05, 3.63) is 29.8 Å². The van der Waals surface area contributed by atoms with Crippen LogP contribution in [-0.4, -0.2) is 52.2 Å². The average molecular weight is 368 g/mol. The first-order chi connectivity index (χ1) is 11.9. The van der Waals surface area contributed by atoms with Crippen molar-refractivity contribution in [2.45, 2.75) is 32.0 Å². The highest BCUT2D eigenvalue weighted by Crippen LogP contribution is 2.25. The summed E-state index contributed by atoms with van der Waals surface area (Å²) in [5.74, 6) is -0.725. The summed E-state index contributed by atoms with van der Waals surface area (Å²) in [4.78, 5) is 12.4. The summed E-state index contributed by atoms with van der Waals surface area (Å²) in [5.41, 5.74) is 0.985. The number of amides is 1. The Balaban J connectivity index is 1.63. The Kier molecular flexibility index (Phi) is 5.31. The van der Waals surface area contributed by atoms with Gasteiger partial charge in [-0.3, -0.25) is 9.10 Å². The van der Waals surface area contributed by atoms with E-state index < -0.39 is 15.8 Å². The number of sulfonamides is 1. The van der Waals surface area contributed by atoms with Gasteiger partial charge < -0.3 is 14.8 Å². The molecule has 0 atom stereocenters. The number of ether oxygens (including phenoxy) is 2. The van der Waals surface area contributed by atoms with E-state index in [9.17, 15) is 13.2 Å². The maximum Gasteiger partial charge on any atom is 0.251 e. The predicted octanol–water partition coefficient (Wildman–Crippen LogP) is 1.50. The second kappa shape index (κ2) is 7.31. The van der Waals surface area contributed by atoms with Crippen LogP contribution in [0.3, 0.4) is 0 Å². The third-order valence-electron chi connectivity index (χ3n) is 4.51. The van der Waals surface area contributed by atoms with Crippen molar-refractivity contribution < 1.29 is 22.7 Å². The van der Waals surface area contributed by atoms with Crippen molar-refractivity contribution in [2.75, 3.05) is 36.4 Å². The Morgan fingerprint density at radius 3 is 2.76 bits per heavy atom. The van der Waals surface area contributed by atoms with Gasteiger partial charge >= 0.3 is 0 Å². The van der Waals surface area contributed by atoms with Crippen LogP contribution in [0.4, 0.5) is 5.69 Å². The summed E-state index contributed by atoms with van der Waals surface area (Å²) in [7, 11) is -3.29. The van der Waals surface area contributed by atoms with Crippen LogP contribution < -0.4 is 9.62 Å². The van der Waals surface area contributed by atoms with E-state index in [0.29, 0.717) is 50.4 Å². The monoisotopic (exact) mass is 368 g/mol. The van der Waals surface area contributed by atoms with Gasteiger partial charge in [0.25, 0.3) is 5.91 Å². The van der Waals surface area contributed by atoms with E-state index in [1.54, 1.807) is 24.3 Å². The summed E-state index contributed by atoms with van der Waals surface area (Å²) in [6.07, 6.45) is 2.06. The highest BCUT2D eigenvalue weighted by Gasteiger charge is 2.30. The van der Waals surface area contributed by atoms with Gasteiger partial charge in [0.1, 0.15) is 0 Å². The lowest BCUT2D eigenvalue weighted by Crippen LogP contribution is -2.38. The Morgan fingerprint density at radius 2 is 2.04 bits per heavy atom. The van der Waals surface area contributed by atoms with E-state index in [0.717, 1.165) is 6.42 Å². The molecular weight excluding hydrogens is 344 g/mol. The molecule has 2 heterocycles. The molecule has 1 N–H and O–H groups in total. The predicted molar refractivity (Wildman–Crippen MR) is 94.1 cm³/mol. The minimum atomic E-state index is -3.29. The zero-order valence-electron chi connectivity index (χ0n) is 14.4. The Bertz CT molecular complexity index is 728. The van der Waals surface area contributed by atoms with Gasteiger partial charge in [-0.05, 0) is 38.0 Å². The van der Waals surface area contributed by atoms with Crippen molar-refractivity contribution in [3.8, 4) is 0 Å². The Morgan fingerprint density at radius 1 is 1.28 bits per heavy atom. The van der Waals surface area contributed by atoms with Crippen LogP contribution in [0.15, 0.2) is 24.3 Å². The lowest BCUT2D eigenvalue weighted by Gasteiger charge is -2.28. The molecule has 0 radical (unpaired) electrons. The first-order valence-corrected chi connectivity index (χ1v) is 10.2. The number of hydrogen-bond acceptors (Lipinski definition) is 5. The molecule has 8 heteroatoms. The van der Waals surface area contributed by atoms with Crippen LogP contribution in [0.1, 0.15) is 36.5 Å². The molecule has 0 spiro atoms. The number of carbonyl (C=O) groups excluding carboxylic acids is 1. The second-order valence-electron chi connectivity index (χ2n) is 6.48. The number of rotatable bonds is 5. The van der Waals surface area contributed by atoms with E-state index >= 15 is 0 Å². The number of nitrogens with zero attached hydrogens (tertiary/aromatic N) is 1. The first-order valence-electron chi connectivity index (χ1n) is 8.56. The van der Waals surface area contributed by atoms with Crippen molar-refractivity contribution in [1.82, 2.24) is 5.32 Å². The minimum absolute atomic E-state index is 0.155. The molecule has 0 aromatic heterocycles. The van der Waals surface area contributed by atoms with Gasteiger partial charge in [-0.2, -0.15) is 0 Å². The summed E-state index contributed by atoms with van der Waals surface area (Å²) >= 11 is 0. The second-order valence-corrected chi connectivity index (χ2v) is 8.50. The molecule has 2 saturated heterocycles. The number of benzene rings is 1. The molecule has 0 bridgehead atoms. The largest absolute Gasteiger partial charge is 0.352 e. The lowest BCUT2D eigenvalue weighted by molar-refractivity contribution is -0.145. The molecule has 0 unspecified atom stereocenters. The maximum atomic E-state index is 12.4. The molecule has 1 amide bonds. The summed E-state index contributed by atoms with van der Waals surface area (Å²) in [6.45, 7) is 3.86. The number of hydrogen-bond donors (Lipinski definition) is 1. The molecule has 138 valence electrons. The fraction of sp³-hybridized carbons (Fsp3) is 0.588. The Labute approximate surface area is 148 Å². The Hall–Kier alpha value is -1.64. The molecule has 0 aliphatic carbocycles. The standard InChI is InChI=1S/C17H24N2O5S/c1-17(23-10-11-24-17)7-8-18-16(20)14-5-4-6-15(13-14)19-9-2-3-12-25(19,21)22/h4-6,13H,2-3,7-12H2,1H3,(H,18,20). The highest BCUT2D eigenvalue weighted by molar-refractivity contribution is 7.92. The average Bonchev–Trinajstić information content (AvgIpc) is 3.01. The van der Waals surface area contributed by atoms with E-state index in [4.69, 9.17) is 9.47 Å². The van der Waals surface area contributed by atoms with E-state index in [1.807, 2.05) is 6.92 Å². The highest BCUT2D eigenvalue weighted by atomic mass is 32.2. The van der Waals surface area contributed by atoms with Gasteiger partial charge in [0.05, 0.1) is 24.7 Å². The van der Waals surface area contributed by atoms with Crippen LogP contribution in [0.5, 0.6) is 0 Å². The fourth-order valence-electron chi connectivity index (χ4n) is 3.09. The number of anilines is 1. The van der Waals surface area contributed by atoms with Crippen LogP contribution in [-0.2, 0) is 19.5 Å². The summed E-state index contributed by atoms with van der Waals surface area (Å²) in [5, 5.41) is 2.84. The van der Waals surface area contributed by atoms with E-state index in [-0.39, 0.29) is 11.7 Å². The molecule has 7 nitrogen and oxygen atoms in total. The van der Waals surface area contributed by atoms with Crippen LogP contribution in [0, 0.1) is 0 Å². The molecule has 25 heavy (non-hydrogen) atoms. The molecule has 2 aliphatic heterocycles. The first kappa shape index (κ1) is 18.2.